The van der Waals surface area contributed by atoms with E-state index in [1.165, 1.54) is 0 Å². The highest BCUT2D eigenvalue weighted by Gasteiger charge is 2.43. The highest BCUT2D eigenvalue weighted by atomic mass is 16.7. The molecule has 1 aromatic rings. The van der Waals surface area contributed by atoms with E-state index in [9.17, 15) is 20.4 Å². The van der Waals surface area contributed by atoms with Crippen molar-refractivity contribution in [2.75, 3.05) is 13.2 Å². The van der Waals surface area contributed by atoms with Crippen molar-refractivity contribution in [1.29, 1.82) is 0 Å². The molecule has 0 radical (unpaired) electrons. The molecule has 5 atom stereocenters. The maximum atomic E-state index is 9.82. The van der Waals surface area contributed by atoms with Crippen LogP contribution in [-0.2, 0) is 15.9 Å². The van der Waals surface area contributed by atoms with Gasteiger partial charge in [0.05, 0.1) is 6.61 Å². The van der Waals surface area contributed by atoms with Gasteiger partial charge in [-0.25, -0.2) is 0 Å². The predicted molar refractivity (Wildman–Crippen MR) is 80.8 cm³/mol. The molecule has 1 saturated heterocycles. The summed E-state index contributed by atoms with van der Waals surface area (Å²) < 4.78 is 10.7. The van der Waals surface area contributed by atoms with Crippen molar-refractivity contribution in [1.82, 2.24) is 0 Å². The van der Waals surface area contributed by atoms with Gasteiger partial charge in [0.15, 0.2) is 6.29 Å². The summed E-state index contributed by atoms with van der Waals surface area (Å²) in [5.74, 6) is 0.236. The zero-order chi connectivity index (χ0) is 16.8. The highest BCUT2D eigenvalue weighted by Crippen LogP contribution is 2.22. The average molecular weight is 328 g/mol. The van der Waals surface area contributed by atoms with Gasteiger partial charge >= 0.3 is 0 Å². The molecule has 5 unspecified atom stereocenters. The first-order valence-corrected chi connectivity index (χ1v) is 7.73. The fraction of sp³-hybridized carbons (Fsp3) is 0.625. The maximum absolute atomic E-state index is 9.82. The zero-order valence-corrected chi connectivity index (χ0v) is 12.8. The second-order valence-corrected chi connectivity index (χ2v) is 5.69. The number of aliphatic hydroxyl groups is 4. The smallest absolute Gasteiger partial charge is 0.186 e. The summed E-state index contributed by atoms with van der Waals surface area (Å²) in [5.41, 5.74) is 1.11. The molecule has 0 aromatic heterocycles. The van der Waals surface area contributed by atoms with Gasteiger partial charge in [-0.3, -0.25) is 0 Å². The lowest BCUT2D eigenvalue weighted by Crippen LogP contribution is -2.59. The Morgan fingerprint density at radius 3 is 2.30 bits per heavy atom. The lowest BCUT2D eigenvalue weighted by molar-refractivity contribution is -0.301. The summed E-state index contributed by atoms with van der Waals surface area (Å²) in [6, 6.07) is 6.99. The van der Waals surface area contributed by atoms with Crippen LogP contribution in [0.15, 0.2) is 24.3 Å². The van der Waals surface area contributed by atoms with Crippen LogP contribution in [0.5, 0.6) is 5.75 Å². The van der Waals surface area contributed by atoms with Gasteiger partial charge in [0, 0.05) is 6.61 Å². The molecule has 1 heterocycles. The minimum atomic E-state index is -1.41. The Morgan fingerprint density at radius 2 is 1.65 bits per heavy atom. The molecule has 2 rings (SSSR count). The van der Waals surface area contributed by atoms with Crippen LogP contribution in [-0.4, -0.2) is 69.5 Å². The third-order valence-electron chi connectivity index (χ3n) is 3.93. The van der Waals surface area contributed by atoms with Gasteiger partial charge in [-0.2, -0.15) is 0 Å². The van der Waals surface area contributed by atoms with E-state index in [0.29, 0.717) is 6.61 Å². The van der Waals surface area contributed by atoms with Gasteiger partial charge < -0.3 is 35.0 Å². The molecular weight excluding hydrogens is 304 g/mol. The van der Waals surface area contributed by atoms with E-state index >= 15 is 0 Å². The topological polar surface area (TPSA) is 120 Å². The highest BCUT2D eigenvalue weighted by molar-refractivity contribution is 5.25. The molecule has 0 bridgehead atoms. The van der Waals surface area contributed by atoms with Gasteiger partial charge in [-0.1, -0.05) is 12.1 Å². The molecule has 130 valence electrons. The number of aliphatic hydroxyl groups excluding tert-OH is 4. The Balaban J connectivity index is 1.70. The Hall–Kier alpha value is -1.22. The molecule has 0 aliphatic carbocycles. The van der Waals surface area contributed by atoms with E-state index in [2.05, 4.69) is 0 Å². The minimum absolute atomic E-state index is 0.236. The van der Waals surface area contributed by atoms with Gasteiger partial charge in [-0.15, -0.1) is 0 Å². The van der Waals surface area contributed by atoms with E-state index in [1.807, 2.05) is 12.1 Å². The van der Waals surface area contributed by atoms with Crippen LogP contribution >= 0.6 is 0 Å². The summed E-state index contributed by atoms with van der Waals surface area (Å²) in [7, 11) is 0. The number of rotatable bonds is 7. The number of aryl methyl sites for hydroxylation is 1. The predicted octanol–water partition coefficient (Wildman–Crippen LogP) is -0.469. The van der Waals surface area contributed by atoms with Crippen LogP contribution in [0.2, 0.25) is 0 Å². The summed E-state index contributed by atoms with van der Waals surface area (Å²) in [6.07, 6.45) is -3.76. The van der Waals surface area contributed by atoms with Gasteiger partial charge in [0.2, 0.25) is 0 Å². The third kappa shape index (κ3) is 4.87. The third-order valence-corrected chi connectivity index (χ3v) is 3.93. The molecule has 0 spiro atoms. The summed E-state index contributed by atoms with van der Waals surface area (Å²) in [4.78, 5) is 0. The van der Waals surface area contributed by atoms with Crippen molar-refractivity contribution < 1.29 is 35.0 Å². The average Bonchev–Trinajstić information content (AvgIpc) is 2.56. The number of aromatic hydroxyl groups is 1. The van der Waals surface area contributed by atoms with Gasteiger partial charge in [0.25, 0.3) is 0 Å². The Kier molecular flexibility index (Phi) is 6.76. The van der Waals surface area contributed by atoms with Crippen LogP contribution < -0.4 is 0 Å². The summed E-state index contributed by atoms with van der Waals surface area (Å²) in [5, 5.41) is 47.4. The molecule has 1 fully saturated rings. The fourth-order valence-electron chi connectivity index (χ4n) is 2.50. The molecule has 1 aromatic carbocycles. The van der Waals surface area contributed by atoms with Crippen LogP contribution in [0.3, 0.4) is 0 Å². The minimum Gasteiger partial charge on any atom is -0.508 e. The Labute approximate surface area is 134 Å². The monoisotopic (exact) mass is 328 g/mol. The fourth-order valence-corrected chi connectivity index (χ4v) is 2.50. The second kappa shape index (κ2) is 8.58. The first-order chi connectivity index (χ1) is 11.0. The molecule has 7 nitrogen and oxygen atoms in total. The normalized spacial score (nSPS) is 31.2. The SMILES string of the molecule is OCC1OC(OCCCCc2ccc(O)cc2)C(O)C(O)C1O. The maximum Gasteiger partial charge on any atom is 0.186 e. The Bertz CT molecular complexity index is 462. The lowest BCUT2D eigenvalue weighted by Gasteiger charge is -2.39. The molecule has 0 amide bonds. The first-order valence-electron chi connectivity index (χ1n) is 7.73. The van der Waals surface area contributed by atoms with Crippen molar-refractivity contribution in [2.45, 2.75) is 50.0 Å². The molecule has 0 saturated carbocycles. The molecule has 7 heteroatoms. The number of phenols is 1. The van der Waals surface area contributed by atoms with Crippen molar-refractivity contribution >= 4 is 0 Å². The van der Waals surface area contributed by atoms with Crippen molar-refractivity contribution in [3.05, 3.63) is 29.8 Å². The van der Waals surface area contributed by atoms with Crippen LogP contribution in [0.4, 0.5) is 0 Å². The summed E-state index contributed by atoms with van der Waals surface area (Å²) in [6.45, 7) is -0.146. The standard InChI is InChI=1S/C16H24O7/c17-9-12-13(19)14(20)15(21)16(23-12)22-8-2-1-3-10-4-6-11(18)7-5-10/h4-7,12-21H,1-3,8-9H2. The van der Waals surface area contributed by atoms with Crippen molar-refractivity contribution in [3.63, 3.8) is 0 Å². The molecule has 23 heavy (non-hydrogen) atoms. The van der Waals surface area contributed by atoms with E-state index in [-0.39, 0.29) is 5.75 Å². The molecule has 1 aliphatic rings. The van der Waals surface area contributed by atoms with Gasteiger partial charge in [-0.05, 0) is 37.0 Å². The van der Waals surface area contributed by atoms with Crippen LogP contribution in [0.1, 0.15) is 18.4 Å². The largest absolute Gasteiger partial charge is 0.508 e. The Morgan fingerprint density at radius 1 is 0.957 bits per heavy atom. The quantitative estimate of drug-likeness (QED) is 0.429. The van der Waals surface area contributed by atoms with Crippen LogP contribution in [0, 0.1) is 0 Å². The zero-order valence-electron chi connectivity index (χ0n) is 12.8. The van der Waals surface area contributed by atoms with E-state index < -0.39 is 37.3 Å². The molecule has 1 aliphatic heterocycles. The molecule has 5 N–H and O–H groups in total. The summed E-state index contributed by atoms with van der Waals surface area (Å²) >= 11 is 0. The number of ether oxygens (including phenoxy) is 2. The number of hydrogen-bond acceptors (Lipinski definition) is 7. The second-order valence-electron chi connectivity index (χ2n) is 5.69. The first kappa shape index (κ1) is 18.1. The van der Waals surface area contributed by atoms with E-state index in [0.717, 1.165) is 24.8 Å². The van der Waals surface area contributed by atoms with Gasteiger partial charge in [0.1, 0.15) is 30.2 Å². The lowest BCUT2D eigenvalue weighted by atomic mass is 9.99. The molecular formula is C16H24O7. The van der Waals surface area contributed by atoms with E-state index in [1.54, 1.807) is 12.1 Å². The number of phenolic OH excluding ortho intramolecular Hbond substituents is 1. The van der Waals surface area contributed by atoms with Crippen molar-refractivity contribution in [3.8, 4) is 5.75 Å². The van der Waals surface area contributed by atoms with Crippen LogP contribution in [0.25, 0.3) is 0 Å². The van der Waals surface area contributed by atoms with Crippen molar-refractivity contribution in [2.24, 2.45) is 0 Å². The number of benzene rings is 1. The van der Waals surface area contributed by atoms with E-state index in [4.69, 9.17) is 14.6 Å². The number of unbranched alkanes of at least 4 members (excludes halogenated alkanes) is 1. The number of hydrogen-bond donors (Lipinski definition) is 5.